The number of nitrogens with one attached hydrogen (secondary N) is 2. The molecule has 2 aromatic carbocycles. The number of hydrogen-bond acceptors (Lipinski definition) is 5. The summed E-state index contributed by atoms with van der Waals surface area (Å²) >= 11 is 12.0. The predicted octanol–water partition coefficient (Wildman–Crippen LogP) is 5.61. The Kier molecular flexibility index (Phi) is 7.11. The Morgan fingerprint density at radius 3 is 2.70 bits per heavy atom. The number of amides is 2. The largest absolute Gasteiger partial charge is 0.497 e. The summed E-state index contributed by atoms with van der Waals surface area (Å²) in [5.41, 5.74) is 3.77. The van der Waals surface area contributed by atoms with Gasteiger partial charge in [-0.3, -0.25) is 0 Å². The van der Waals surface area contributed by atoms with E-state index in [0.717, 1.165) is 34.0 Å². The molecule has 0 atom stereocenters. The summed E-state index contributed by atoms with van der Waals surface area (Å²) in [7, 11) is 3.26. The number of hydrogen-bond donors (Lipinski definition) is 2. The Balaban J connectivity index is 1.43. The molecule has 0 fully saturated rings. The monoisotopic (exact) mass is 486 g/mol. The predicted molar refractivity (Wildman–Crippen MR) is 131 cm³/mol. The van der Waals surface area contributed by atoms with Gasteiger partial charge in [-0.1, -0.05) is 23.2 Å². The fourth-order valence-electron chi connectivity index (χ4n) is 3.77. The molecule has 0 saturated heterocycles. The molecule has 2 amide bonds. The molecule has 0 spiro atoms. The first-order chi connectivity index (χ1) is 16.0. The zero-order chi connectivity index (χ0) is 23.4. The summed E-state index contributed by atoms with van der Waals surface area (Å²) < 4.78 is 10.7. The fourth-order valence-corrected chi connectivity index (χ4v) is 4.07. The van der Waals surface area contributed by atoms with E-state index in [0.29, 0.717) is 41.8 Å². The third-order valence-electron chi connectivity index (χ3n) is 5.54. The van der Waals surface area contributed by atoms with E-state index in [1.54, 1.807) is 43.5 Å². The normalized spacial score (nSPS) is 12.7. The number of methoxy groups -OCH3 is 2. The Morgan fingerprint density at radius 2 is 1.94 bits per heavy atom. The van der Waals surface area contributed by atoms with Crippen LogP contribution < -0.4 is 20.1 Å². The topological polar surface area (TPSA) is 75.7 Å². The van der Waals surface area contributed by atoms with Crippen LogP contribution >= 0.6 is 23.2 Å². The van der Waals surface area contributed by atoms with Crippen LogP contribution in [0.25, 0.3) is 0 Å². The van der Waals surface area contributed by atoms with Crippen molar-refractivity contribution in [3.05, 3.63) is 75.4 Å². The summed E-state index contributed by atoms with van der Waals surface area (Å²) in [6, 6.07) is 12.5. The molecule has 7 nitrogen and oxygen atoms in total. The second-order valence-corrected chi connectivity index (χ2v) is 8.37. The van der Waals surface area contributed by atoms with E-state index in [2.05, 4.69) is 15.6 Å². The van der Waals surface area contributed by atoms with Gasteiger partial charge >= 0.3 is 6.03 Å². The van der Waals surface area contributed by atoms with Crippen LogP contribution in [0, 0.1) is 0 Å². The number of nitrogens with zero attached hydrogens (tertiary/aromatic N) is 2. The molecule has 172 valence electrons. The Labute approximate surface area is 202 Å². The van der Waals surface area contributed by atoms with Crippen LogP contribution in [0.3, 0.4) is 0 Å². The number of urea groups is 1. The van der Waals surface area contributed by atoms with Gasteiger partial charge in [-0.2, -0.15) is 0 Å². The first kappa shape index (κ1) is 23.0. The van der Waals surface area contributed by atoms with Gasteiger partial charge in [0.05, 0.1) is 24.3 Å². The Morgan fingerprint density at radius 1 is 1.09 bits per heavy atom. The average Bonchev–Trinajstić information content (AvgIpc) is 2.84. The van der Waals surface area contributed by atoms with Crippen molar-refractivity contribution in [1.82, 2.24) is 9.88 Å². The van der Waals surface area contributed by atoms with Crippen molar-refractivity contribution in [3.63, 3.8) is 0 Å². The molecule has 0 saturated carbocycles. The molecule has 1 aliphatic rings. The van der Waals surface area contributed by atoms with Crippen molar-refractivity contribution < 1.29 is 14.3 Å². The molecule has 0 unspecified atom stereocenters. The lowest BCUT2D eigenvalue weighted by Gasteiger charge is -2.30. The maximum absolute atomic E-state index is 12.8. The highest BCUT2D eigenvalue weighted by Gasteiger charge is 2.23. The highest BCUT2D eigenvalue weighted by molar-refractivity contribution is 6.42. The third kappa shape index (κ3) is 5.26. The second kappa shape index (κ2) is 10.2. The van der Waals surface area contributed by atoms with Gasteiger partial charge in [0.15, 0.2) is 0 Å². The maximum Gasteiger partial charge on any atom is 0.322 e. The summed E-state index contributed by atoms with van der Waals surface area (Å²) in [6.07, 6.45) is 2.45. The number of halogens is 2. The summed E-state index contributed by atoms with van der Waals surface area (Å²) in [6.45, 7) is 1.62. The van der Waals surface area contributed by atoms with E-state index in [1.165, 1.54) is 0 Å². The average molecular weight is 487 g/mol. The molecule has 1 aromatic heterocycles. The minimum atomic E-state index is -0.187. The molecule has 4 rings (SSSR count). The van der Waals surface area contributed by atoms with Crippen molar-refractivity contribution in [2.24, 2.45) is 0 Å². The van der Waals surface area contributed by atoms with E-state index in [1.807, 2.05) is 24.3 Å². The van der Waals surface area contributed by atoms with Crippen molar-refractivity contribution >= 4 is 40.7 Å². The zero-order valence-electron chi connectivity index (χ0n) is 18.3. The number of benzene rings is 2. The van der Waals surface area contributed by atoms with Crippen molar-refractivity contribution in [1.29, 1.82) is 0 Å². The molecular formula is C24H24Cl2N4O3. The lowest BCUT2D eigenvalue weighted by molar-refractivity contribution is 0.206. The molecule has 0 radical (unpaired) electrons. The van der Waals surface area contributed by atoms with Gasteiger partial charge in [-0.25, -0.2) is 9.78 Å². The quantitative estimate of drug-likeness (QED) is 0.473. The minimum Gasteiger partial charge on any atom is -0.497 e. The number of carbonyl (C=O) groups is 1. The molecule has 2 heterocycles. The van der Waals surface area contributed by atoms with Gasteiger partial charge in [-0.05, 0) is 48.4 Å². The molecule has 0 bridgehead atoms. The van der Waals surface area contributed by atoms with Crippen LogP contribution in [0.2, 0.25) is 10.0 Å². The Hall–Kier alpha value is -3.16. The van der Waals surface area contributed by atoms with Crippen molar-refractivity contribution in [2.45, 2.75) is 19.5 Å². The van der Waals surface area contributed by atoms with E-state index in [9.17, 15) is 4.79 Å². The fraction of sp³-hybridized carbons (Fsp3) is 0.250. The highest BCUT2D eigenvalue weighted by atomic mass is 35.5. The number of ether oxygens (including phenoxy) is 2. The van der Waals surface area contributed by atoms with Gasteiger partial charge < -0.3 is 25.0 Å². The van der Waals surface area contributed by atoms with Crippen LogP contribution in [-0.4, -0.2) is 36.7 Å². The number of anilines is 2. The summed E-state index contributed by atoms with van der Waals surface area (Å²) in [5, 5.41) is 7.14. The van der Waals surface area contributed by atoms with Crippen LogP contribution in [-0.2, 0) is 19.5 Å². The second-order valence-electron chi connectivity index (χ2n) is 7.56. The zero-order valence-corrected chi connectivity index (χ0v) is 19.8. The summed E-state index contributed by atoms with van der Waals surface area (Å²) in [4.78, 5) is 19.1. The lowest BCUT2D eigenvalue weighted by atomic mass is 10.0. The van der Waals surface area contributed by atoms with Crippen LogP contribution in [0.1, 0.15) is 16.7 Å². The van der Waals surface area contributed by atoms with Gasteiger partial charge in [-0.15, -0.1) is 0 Å². The number of pyridine rings is 1. The van der Waals surface area contributed by atoms with E-state index < -0.39 is 0 Å². The van der Waals surface area contributed by atoms with E-state index in [4.69, 9.17) is 32.7 Å². The Bertz CT molecular complexity index is 1170. The maximum atomic E-state index is 12.8. The van der Waals surface area contributed by atoms with Gasteiger partial charge in [0.25, 0.3) is 0 Å². The van der Waals surface area contributed by atoms with Gasteiger partial charge in [0.2, 0.25) is 0 Å². The van der Waals surface area contributed by atoms with Crippen LogP contribution in [0.4, 0.5) is 16.3 Å². The SMILES string of the molecule is COc1ccc(CNc2nccc3c2CCN(C(=O)Nc2ccc(Cl)c(Cl)c2)C3)c(OC)c1. The highest BCUT2D eigenvalue weighted by Crippen LogP contribution is 2.29. The lowest BCUT2D eigenvalue weighted by Crippen LogP contribution is -2.39. The third-order valence-corrected chi connectivity index (χ3v) is 6.28. The number of aromatic nitrogens is 1. The molecule has 0 aliphatic carbocycles. The first-order valence-electron chi connectivity index (χ1n) is 10.4. The molecule has 2 N–H and O–H groups in total. The minimum absolute atomic E-state index is 0.187. The van der Waals surface area contributed by atoms with Crippen molar-refractivity contribution in [3.8, 4) is 11.5 Å². The van der Waals surface area contributed by atoms with Gasteiger partial charge in [0.1, 0.15) is 17.3 Å². The first-order valence-corrected chi connectivity index (χ1v) is 11.2. The van der Waals surface area contributed by atoms with Crippen LogP contribution in [0.5, 0.6) is 11.5 Å². The van der Waals surface area contributed by atoms with E-state index in [-0.39, 0.29) is 6.03 Å². The van der Waals surface area contributed by atoms with Crippen molar-refractivity contribution in [2.75, 3.05) is 31.4 Å². The smallest absolute Gasteiger partial charge is 0.322 e. The summed E-state index contributed by atoms with van der Waals surface area (Å²) in [5.74, 6) is 2.30. The molecule has 9 heteroatoms. The molecular weight excluding hydrogens is 463 g/mol. The van der Waals surface area contributed by atoms with E-state index >= 15 is 0 Å². The molecule has 33 heavy (non-hydrogen) atoms. The van der Waals surface area contributed by atoms with Crippen LogP contribution in [0.15, 0.2) is 48.7 Å². The number of carbonyl (C=O) groups excluding carboxylic acids is 1. The molecule has 1 aliphatic heterocycles. The number of fused-ring (bicyclic) bond motifs is 1. The van der Waals surface area contributed by atoms with Gasteiger partial charge in [0, 0.05) is 48.7 Å². The standard InChI is InChI=1S/C24H24Cl2N4O3/c1-32-18-5-3-15(22(12-18)33-2)13-28-23-19-8-10-30(14-16(19)7-9-27-23)24(31)29-17-4-6-20(25)21(26)11-17/h3-7,9,11-12H,8,10,13-14H2,1-2H3,(H,27,28)(H,29,31). The molecule has 3 aromatic rings. The number of rotatable bonds is 6.